The van der Waals surface area contributed by atoms with Gasteiger partial charge in [0.25, 0.3) is 0 Å². The number of amides is 2. The molecule has 2 aromatic rings. The van der Waals surface area contributed by atoms with Gasteiger partial charge in [-0.05, 0) is 42.0 Å². The summed E-state index contributed by atoms with van der Waals surface area (Å²) in [5, 5.41) is 6.50. The van der Waals surface area contributed by atoms with Crippen molar-refractivity contribution in [2.24, 2.45) is 5.10 Å². The highest BCUT2D eigenvalue weighted by Crippen LogP contribution is 2.09. The number of rotatable bonds is 3. The van der Waals surface area contributed by atoms with Crippen LogP contribution in [0.5, 0.6) is 0 Å². The molecule has 0 spiro atoms. The van der Waals surface area contributed by atoms with Crippen LogP contribution in [0.2, 0.25) is 5.02 Å². The van der Waals surface area contributed by atoms with Gasteiger partial charge in [-0.1, -0.05) is 23.7 Å². The van der Waals surface area contributed by atoms with E-state index >= 15 is 0 Å². The first-order valence-corrected chi connectivity index (χ1v) is 6.58. The number of carbonyl (C=O) groups excluding carboxylic acids is 2. The van der Waals surface area contributed by atoms with Crippen LogP contribution in [0, 0.1) is 5.82 Å². The number of nitrogens with zero attached hydrogens (tertiary/aromatic N) is 1. The third kappa shape index (κ3) is 4.68. The summed E-state index contributed by atoms with van der Waals surface area (Å²) in [5.41, 5.74) is 3.06. The second-order valence-corrected chi connectivity index (χ2v) is 4.65. The van der Waals surface area contributed by atoms with Crippen LogP contribution >= 0.6 is 11.6 Å². The third-order valence-corrected chi connectivity index (χ3v) is 2.77. The summed E-state index contributed by atoms with van der Waals surface area (Å²) >= 11 is 5.80. The molecule has 0 bridgehead atoms. The Balaban J connectivity index is 1.89. The fourth-order valence-electron chi connectivity index (χ4n) is 1.52. The number of hydrogen-bond acceptors (Lipinski definition) is 3. The van der Waals surface area contributed by atoms with E-state index in [1.165, 1.54) is 30.5 Å². The van der Waals surface area contributed by atoms with E-state index in [4.69, 9.17) is 11.6 Å². The second kappa shape index (κ2) is 7.33. The van der Waals surface area contributed by atoms with Crippen LogP contribution in [-0.4, -0.2) is 18.0 Å². The molecule has 0 aliphatic heterocycles. The van der Waals surface area contributed by atoms with Crippen LogP contribution in [0.15, 0.2) is 53.6 Å². The average Bonchev–Trinajstić information content (AvgIpc) is 2.49. The number of halogens is 2. The van der Waals surface area contributed by atoms with Gasteiger partial charge in [-0.25, -0.2) is 9.82 Å². The Labute approximate surface area is 130 Å². The van der Waals surface area contributed by atoms with Crippen molar-refractivity contribution in [1.82, 2.24) is 5.43 Å². The monoisotopic (exact) mass is 319 g/mol. The first-order valence-electron chi connectivity index (χ1n) is 6.20. The normalized spacial score (nSPS) is 10.5. The molecule has 0 unspecified atom stereocenters. The molecule has 0 saturated carbocycles. The molecule has 0 aliphatic rings. The molecule has 7 heteroatoms. The van der Waals surface area contributed by atoms with Gasteiger partial charge >= 0.3 is 11.8 Å². The minimum atomic E-state index is -0.942. The first-order chi connectivity index (χ1) is 10.5. The van der Waals surface area contributed by atoms with E-state index in [1.807, 2.05) is 0 Å². The lowest BCUT2D eigenvalue weighted by atomic mass is 10.2. The van der Waals surface area contributed by atoms with Gasteiger partial charge in [0, 0.05) is 10.7 Å². The molecule has 0 atom stereocenters. The molecule has 0 aromatic heterocycles. The van der Waals surface area contributed by atoms with Crippen molar-refractivity contribution in [2.75, 3.05) is 5.32 Å². The van der Waals surface area contributed by atoms with Crippen molar-refractivity contribution in [3.63, 3.8) is 0 Å². The molecule has 0 radical (unpaired) electrons. The highest BCUT2D eigenvalue weighted by Gasteiger charge is 2.12. The minimum Gasteiger partial charge on any atom is -0.318 e. The summed E-state index contributed by atoms with van der Waals surface area (Å²) in [6.07, 6.45) is 1.36. The lowest BCUT2D eigenvalue weighted by Crippen LogP contribution is -2.32. The Morgan fingerprint density at radius 2 is 1.82 bits per heavy atom. The molecular formula is C15H11ClFN3O2. The van der Waals surface area contributed by atoms with Gasteiger partial charge in [-0.2, -0.15) is 5.10 Å². The maximum Gasteiger partial charge on any atom is 0.329 e. The van der Waals surface area contributed by atoms with Crippen LogP contribution in [-0.2, 0) is 9.59 Å². The molecule has 5 nitrogen and oxygen atoms in total. The fraction of sp³-hybridized carbons (Fsp3) is 0. The largest absolute Gasteiger partial charge is 0.329 e. The molecule has 2 aromatic carbocycles. The standard InChI is InChI=1S/C15H11ClFN3O2/c16-11-3-1-2-10(8-11)9-18-20-15(22)14(21)19-13-6-4-12(17)5-7-13/h1-9H,(H,19,21)(H,20,22)/b18-9+. The number of hydrogen-bond donors (Lipinski definition) is 2. The molecule has 2 N–H and O–H groups in total. The lowest BCUT2D eigenvalue weighted by molar-refractivity contribution is -0.136. The number of benzene rings is 2. The van der Waals surface area contributed by atoms with Gasteiger partial charge in [0.15, 0.2) is 0 Å². The Kier molecular flexibility index (Phi) is 5.21. The van der Waals surface area contributed by atoms with E-state index in [2.05, 4.69) is 15.8 Å². The summed E-state index contributed by atoms with van der Waals surface area (Å²) < 4.78 is 12.7. The van der Waals surface area contributed by atoms with Crippen molar-refractivity contribution >= 4 is 35.3 Å². The summed E-state index contributed by atoms with van der Waals surface area (Å²) in [6, 6.07) is 11.8. The number of carbonyl (C=O) groups is 2. The Morgan fingerprint density at radius 3 is 2.50 bits per heavy atom. The lowest BCUT2D eigenvalue weighted by Gasteiger charge is -2.03. The minimum absolute atomic E-state index is 0.306. The molecule has 0 saturated heterocycles. The van der Waals surface area contributed by atoms with Gasteiger partial charge in [0.1, 0.15) is 5.82 Å². The van der Waals surface area contributed by atoms with E-state index in [9.17, 15) is 14.0 Å². The van der Waals surface area contributed by atoms with Crippen LogP contribution in [0.4, 0.5) is 10.1 Å². The molecular weight excluding hydrogens is 309 g/mol. The quantitative estimate of drug-likeness (QED) is 0.518. The van der Waals surface area contributed by atoms with Gasteiger partial charge < -0.3 is 5.32 Å². The Hall–Kier alpha value is -2.73. The zero-order chi connectivity index (χ0) is 15.9. The second-order valence-electron chi connectivity index (χ2n) is 4.22. The zero-order valence-corrected chi connectivity index (χ0v) is 12.0. The first kappa shape index (κ1) is 15.7. The van der Waals surface area contributed by atoms with Gasteiger partial charge in [0.05, 0.1) is 6.21 Å². The third-order valence-electron chi connectivity index (χ3n) is 2.54. The Morgan fingerprint density at radius 1 is 1.09 bits per heavy atom. The fourth-order valence-corrected chi connectivity index (χ4v) is 1.72. The van der Waals surface area contributed by atoms with Crippen LogP contribution < -0.4 is 10.7 Å². The summed E-state index contributed by atoms with van der Waals surface area (Å²) in [7, 11) is 0. The van der Waals surface area contributed by atoms with Crippen molar-refractivity contribution in [3.05, 3.63) is 64.9 Å². The predicted molar refractivity (Wildman–Crippen MR) is 82.2 cm³/mol. The molecule has 0 fully saturated rings. The maximum atomic E-state index is 12.7. The van der Waals surface area contributed by atoms with Gasteiger partial charge in [0.2, 0.25) is 0 Å². The zero-order valence-electron chi connectivity index (χ0n) is 11.2. The van der Waals surface area contributed by atoms with Crippen LogP contribution in [0.25, 0.3) is 0 Å². The average molecular weight is 320 g/mol. The predicted octanol–water partition coefficient (Wildman–Crippen LogP) is 2.57. The van der Waals surface area contributed by atoms with E-state index in [0.29, 0.717) is 16.3 Å². The van der Waals surface area contributed by atoms with Crippen LogP contribution in [0.3, 0.4) is 0 Å². The van der Waals surface area contributed by atoms with E-state index < -0.39 is 17.6 Å². The summed E-state index contributed by atoms with van der Waals surface area (Å²) in [4.78, 5) is 23.1. The SMILES string of the molecule is O=C(N/N=C/c1cccc(Cl)c1)C(=O)Nc1ccc(F)cc1. The van der Waals surface area contributed by atoms with Crippen molar-refractivity contribution < 1.29 is 14.0 Å². The molecule has 112 valence electrons. The number of nitrogens with one attached hydrogen (secondary N) is 2. The van der Waals surface area contributed by atoms with Crippen molar-refractivity contribution in [3.8, 4) is 0 Å². The van der Waals surface area contributed by atoms with Gasteiger partial charge in [-0.15, -0.1) is 0 Å². The summed E-state index contributed by atoms with van der Waals surface area (Å²) in [5.74, 6) is -2.29. The van der Waals surface area contributed by atoms with E-state index in [-0.39, 0.29) is 0 Å². The number of hydrazone groups is 1. The molecule has 2 rings (SSSR count). The highest BCUT2D eigenvalue weighted by molar-refractivity contribution is 6.39. The Bertz CT molecular complexity index is 717. The topological polar surface area (TPSA) is 70.6 Å². The van der Waals surface area contributed by atoms with E-state index in [0.717, 1.165) is 0 Å². The van der Waals surface area contributed by atoms with Crippen molar-refractivity contribution in [2.45, 2.75) is 0 Å². The summed E-state index contributed by atoms with van der Waals surface area (Å²) in [6.45, 7) is 0. The maximum absolute atomic E-state index is 12.7. The number of anilines is 1. The van der Waals surface area contributed by atoms with E-state index in [1.54, 1.807) is 24.3 Å². The smallest absolute Gasteiger partial charge is 0.318 e. The van der Waals surface area contributed by atoms with Gasteiger partial charge in [-0.3, -0.25) is 9.59 Å². The van der Waals surface area contributed by atoms with Crippen molar-refractivity contribution in [1.29, 1.82) is 0 Å². The molecule has 2 amide bonds. The van der Waals surface area contributed by atoms with Crippen LogP contribution in [0.1, 0.15) is 5.56 Å². The molecule has 0 aliphatic carbocycles. The molecule has 22 heavy (non-hydrogen) atoms. The highest BCUT2D eigenvalue weighted by atomic mass is 35.5. The molecule has 0 heterocycles.